The third-order valence-corrected chi connectivity index (χ3v) is 5.12. The SMILES string of the molecule is CC(C)(C)OC(=O)N[C@H]1CC[C@H](C(F)(F)F)N(Cc2nccn2Cc2ccccc2)C1. The molecule has 2 heterocycles. The zero-order valence-corrected chi connectivity index (χ0v) is 18.0. The number of alkyl halides is 3. The maximum atomic E-state index is 13.7. The molecule has 1 fully saturated rings. The van der Waals surface area contributed by atoms with Crippen molar-refractivity contribution in [3.63, 3.8) is 0 Å². The topological polar surface area (TPSA) is 59.4 Å². The van der Waals surface area contributed by atoms with Gasteiger partial charge in [0.05, 0.1) is 6.54 Å². The van der Waals surface area contributed by atoms with E-state index in [4.69, 9.17) is 4.74 Å². The van der Waals surface area contributed by atoms with Crippen LogP contribution in [0.5, 0.6) is 0 Å². The van der Waals surface area contributed by atoms with E-state index < -0.39 is 30.0 Å². The van der Waals surface area contributed by atoms with E-state index >= 15 is 0 Å². The van der Waals surface area contributed by atoms with Crippen LogP contribution in [0.25, 0.3) is 0 Å². The van der Waals surface area contributed by atoms with E-state index in [-0.39, 0.29) is 25.9 Å². The molecule has 0 unspecified atom stereocenters. The Morgan fingerprint density at radius 1 is 1.16 bits per heavy atom. The highest BCUT2D eigenvalue weighted by molar-refractivity contribution is 5.68. The summed E-state index contributed by atoms with van der Waals surface area (Å²) in [6.45, 7) is 5.86. The molecule has 1 aliphatic heterocycles. The lowest BCUT2D eigenvalue weighted by Gasteiger charge is -2.40. The quantitative estimate of drug-likeness (QED) is 0.754. The van der Waals surface area contributed by atoms with E-state index in [0.717, 1.165) is 5.56 Å². The maximum absolute atomic E-state index is 13.7. The summed E-state index contributed by atoms with van der Waals surface area (Å²) in [6.07, 6.45) is -1.46. The van der Waals surface area contributed by atoms with Gasteiger partial charge in [-0.05, 0) is 39.2 Å². The molecule has 170 valence electrons. The van der Waals surface area contributed by atoms with Crippen molar-refractivity contribution in [2.24, 2.45) is 0 Å². The molecule has 2 atom stereocenters. The molecule has 0 radical (unpaired) electrons. The minimum absolute atomic E-state index is 0.0382. The molecule has 0 spiro atoms. The van der Waals surface area contributed by atoms with E-state index in [1.54, 1.807) is 33.2 Å². The van der Waals surface area contributed by atoms with Crippen molar-refractivity contribution in [2.75, 3.05) is 6.54 Å². The molecule has 2 aromatic rings. The number of ether oxygens (including phenoxy) is 1. The van der Waals surface area contributed by atoms with Gasteiger partial charge in [-0.2, -0.15) is 13.2 Å². The third-order valence-electron chi connectivity index (χ3n) is 5.12. The first-order chi connectivity index (χ1) is 14.5. The fourth-order valence-electron chi connectivity index (χ4n) is 3.78. The number of carbonyl (C=O) groups is 1. The molecule has 0 bridgehead atoms. The van der Waals surface area contributed by atoms with Crippen LogP contribution in [0.15, 0.2) is 42.7 Å². The van der Waals surface area contributed by atoms with Crippen LogP contribution in [0.4, 0.5) is 18.0 Å². The zero-order valence-electron chi connectivity index (χ0n) is 18.0. The van der Waals surface area contributed by atoms with Crippen molar-refractivity contribution in [3.8, 4) is 0 Å². The number of aromatic nitrogens is 2. The maximum Gasteiger partial charge on any atom is 0.407 e. The van der Waals surface area contributed by atoms with E-state index in [0.29, 0.717) is 12.4 Å². The molecule has 31 heavy (non-hydrogen) atoms. The van der Waals surface area contributed by atoms with Gasteiger partial charge >= 0.3 is 12.3 Å². The average Bonchev–Trinajstić information content (AvgIpc) is 3.07. The van der Waals surface area contributed by atoms with Crippen molar-refractivity contribution < 1.29 is 22.7 Å². The summed E-state index contributed by atoms with van der Waals surface area (Å²) in [5, 5.41) is 2.71. The molecule has 1 aliphatic rings. The van der Waals surface area contributed by atoms with Crippen molar-refractivity contribution in [1.29, 1.82) is 0 Å². The van der Waals surface area contributed by atoms with Gasteiger partial charge in [-0.15, -0.1) is 0 Å². The lowest BCUT2D eigenvalue weighted by Crippen LogP contribution is -2.56. The molecule has 1 amide bonds. The number of piperidine rings is 1. The van der Waals surface area contributed by atoms with Gasteiger partial charge < -0.3 is 14.6 Å². The van der Waals surface area contributed by atoms with Gasteiger partial charge in [0, 0.05) is 31.5 Å². The summed E-state index contributed by atoms with van der Waals surface area (Å²) in [7, 11) is 0. The van der Waals surface area contributed by atoms with Gasteiger partial charge in [-0.25, -0.2) is 9.78 Å². The fraction of sp³-hybridized carbons (Fsp3) is 0.545. The van der Waals surface area contributed by atoms with Crippen LogP contribution in [-0.2, 0) is 17.8 Å². The third kappa shape index (κ3) is 6.72. The highest BCUT2D eigenvalue weighted by Gasteiger charge is 2.46. The van der Waals surface area contributed by atoms with Crippen LogP contribution in [0, 0.1) is 0 Å². The predicted octanol–water partition coefficient (Wildman–Crippen LogP) is 4.35. The minimum Gasteiger partial charge on any atom is -0.444 e. The van der Waals surface area contributed by atoms with E-state index in [2.05, 4.69) is 10.3 Å². The highest BCUT2D eigenvalue weighted by atomic mass is 19.4. The predicted molar refractivity (Wildman–Crippen MR) is 110 cm³/mol. The van der Waals surface area contributed by atoms with Gasteiger partial charge in [0.2, 0.25) is 0 Å². The number of nitrogens with one attached hydrogen (secondary N) is 1. The van der Waals surface area contributed by atoms with Crippen molar-refractivity contribution >= 4 is 6.09 Å². The average molecular weight is 438 g/mol. The molecular formula is C22H29F3N4O2. The summed E-state index contributed by atoms with van der Waals surface area (Å²) >= 11 is 0. The van der Waals surface area contributed by atoms with Crippen LogP contribution in [-0.4, -0.2) is 51.0 Å². The van der Waals surface area contributed by atoms with Crippen LogP contribution in [0.2, 0.25) is 0 Å². The van der Waals surface area contributed by atoms with Gasteiger partial charge in [0.1, 0.15) is 17.5 Å². The molecule has 1 saturated heterocycles. The summed E-state index contributed by atoms with van der Waals surface area (Å²) in [4.78, 5) is 17.8. The van der Waals surface area contributed by atoms with Crippen molar-refractivity contribution in [2.45, 2.75) is 70.6 Å². The summed E-state index contributed by atoms with van der Waals surface area (Å²) in [5.41, 5.74) is 0.368. The molecule has 0 saturated carbocycles. The second-order valence-corrected chi connectivity index (χ2v) is 8.86. The molecule has 9 heteroatoms. The summed E-state index contributed by atoms with van der Waals surface area (Å²) < 4.78 is 48.2. The standard InChI is InChI=1S/C22H29F3N4O2/c1-21(2,3)31-20(30)27-17-9-10-18(22(23,24)25)29(14-17)15-19-26-11-12-28(19)13-16-7-5-4-6-8-16/h4-8,11-12,17-18H,9-10,13-15H2,1-3H3,(H,27,30)/t17-,18+/m0/s1. The van der Waals surface area contributed by atoms with E-state index in [9.17, 15) is 18.0 Å². The van der Waals surface area contributed by atoms with Gasteiger partial charge in [0.25, 0.3) is 0 Å². The first-order valence-corrected chi connectivity index (χ1v) is 10.4. The first kappa shape index (κ1) is 23.1. The second-order valence-electron chi connectivity index (χ2n) is 8.86. The second kappa shape index (κ2) is 9.30. The number of hydrogen-bond acceptors (Lipinski definition) is 4. The lowest BCUT2D eigenvalue weighted by atomic mass is 9.97. The number of benzene rings is 1. The molecule has 1 aromatic heterocycles. The Kier molecular flexibility index (Phi) is 6.93. The smallest absolute Gasteiger partial charge is 0.407 e. The fourth-order valence-corrected chi connectivity index (χ4v) is 3.78. The van der Waals surface area contributed by atoms with E-state index in [1.165, 1.54) is 4.90 Å². The number of amides is 1. The van der Waals surface area contributed by atoms with Gasteiger partial charge in [-0.3, -0.25) is 4.90 Å². The van der Waals surface area contributed by atoms with Crippen LogP contribution >= 0.6 is 0 Å². The monoisotopic (exact) mass is 438 g/mol. The lowest BCUT2D eigenvalue weighted by molar-refractivity contribution is -0.194. The number of halogens is 3. The van der Waals surface area contributed by atoms with E-state index in [1.807, 2.05) is 34.9 Å². The zero-order chi connectivity index (χ0) is 22.6. The Morgan fingerprint density at radius 3 is 2.52 bits per heavy atom. The Balaban J connectivity index is 1.72. The minimum atomic E-state index is -4.35. The van der Waals surface area contributed by atoms with Crippen molar-refractivity contribution in [3.05, 3.63) is 54.1 Å². The van der Waals surface area contributed by atoms with Gasteiger partial charge in [0.15, 0.2) is 0 Å². The molecular weight excluding hydrogens is 409 g/mol. The van der Waals surface area contributed by atoms with Crippen LogP contribution in [0.3, 0.4) is 0 Å². The van der Waals surface area contributed by atoms with Crippen LogP contribution in [0.1, 0.15) is 45.0 Å². The molecule has 3 rings (SSSR count). The summed E-state index contributed by atoms with van der Waals surface area (Å²) in [5.74, 6) is 0.552. The Bertz CT molecular complexity index is 862. The normalized spacial score (nSPS) is 20.5. The molecule has 6 nitrogen and oxygen atoms in total. The number of imidazole rings is 1. The Morgan fingerprint density at radius 2 is 1.87 bits per heavy atom. The Hall–Kier alpha value is -2.55. The highest BCUT2D eigenvalue weighted by Crippen LogP contribution is 2.33. The number of likely N-dealkylation sites (tertiary alicyclic amines) is 1. The summed E-state index contributed by atoms with van der Waals surface area (Å²) in [6, 6.07) is 7.68. The number of alkyl carbamates (subject to hydrolysis) is 1. The number of nitrogens with zero attached hydrogens (tertiary/aromatic N) is 3. The van der Waals surface area contributed by atoms with Gasteiger partial charge in [-0.1, -0.05) is 30.3 Å². The molecule has 1 N–H and O–H groups in total. The molecule has 1 aromatic carbocycles. The Labute approximate surface area is 180 Å². The number of rotatable bonds is 5. The first-order valence-electron chi connectivity index (χ1n) is 10.4. The molecule has 0 aliphatic carbocycles. The number of hydrogen-bond donors (Lipinski definition) is 1. The number of carbonyl (C=O) groups excluding carboxylic acids is 1. The van der Waals surface area contributed by atoms with Crippen LogP contribution < -0.4 is 5.32 Å². The largest absolute Gasteiger partial charge is 0.444 e. The van der Waals surface area contributed by atoms with Crippen molar-refractivity contribution in [1.82, 2.24) is 19.8 Å².